The van der Waals surface area contributed by atoms with E-state index in [2.05, 4.69) is 4.74 Å². The topological polar surface area (TPSA) is 43.4 Å². The van der Waals surface area contributed by atoms with Gasteiger partial charge in [0.15, 0.2) is 0 Å². The number of carbonyl (C=O) groups excluding carboxylic acids is 1. The van der Waals surface area contributed by atoms with Crippen molar-refractivity contribution >= 4 is 13.8 Å². The van der Waals surface area contributed by atoms with E-state index in [1.165, 1.54) is 0 Å². The van der Waals surface area contributed by atoms with Crippen LogP contribution in [0.5, 0.6) is 0 Å². The van der Waals surface area contributed by atoms with Gasteiger partial charge in [0, 0.05) is 0 Å². The Hall–Kier alpha value is -0.430. The van der Waals surface area contributed by atoms with Crippen molar-refractivity contribution in [3.63, 3.8) is 0 Å². The van der Waals surface area contributed by atoms with Crippen molar-refractivity contribution in [2.75, 3.05) is 18.9 Å². The third-order valence-corrected chi connectivity index (χ3v) is 2.28. The van der Waals surface area contributed by atoms with Gasteiger partial charge in [-0.1, -0.05) is 4.57 Å². The second-order valence-electron chi connectivity index (χ2n) is 1.76. The Kier molecular flexibility index (Phi) is 5.13. The van der Waals surface area contributed by atoms with E-state index in [0.29, 0.717) is 12.8 Å². The molecule has 0 aromatic carbocycles. The molecule has 3 nitrogen and oxygen atoms in total. The third kappa shape index (κ3) is 4.45. The van der Waals surface area contributed by atoms with Gasteiger partial charge in [-0.2, -0.15) is 0 Å². The molecule has 0 spiro atoms. The van der Waals surface area contributed by atoms with Crippen molar-refractivity contribution in [1.82, 2.24) is 0 Å². The SMILES string of the molecule is CCOC(=O)C[P+](=O)CC. The normalized spacial score (nSPS) is 10.8. The van der Waals surface area contributed by atoms with Crippen molar-refractivity contribution in [1.29, 1.82) is 0 Å². The molecule has 0 aliphatic carbocycles. The summed E-state index contributed by atoms with van der Waals surface area (Å²) < 4.78 is 15.3. The molecular formula is C6H12O3P+. The first-order valence-corrected chi connectivity index (χ1v) is 4.91. The molecule has 0 radical (unpaired) electrons. The second kappa shape index (κ2) is 5.36. The van der Waals surface area contributed by atoms with Gasteiger partial charge in [-0.15, -0.1) is 0 Å². The zero-order valence-electron chi connectivity index (χ0n) is 6.29. The smallest absolute Gasteiger partial charge is 0.354 e. The van der Waals surface area contributed by atoms with Crippen LogP contribution in [0.2, 0.25) is 0 Å². The first-order valence-electron chi connectivity index (χ1n) is 3.28. The maximum absolute atomic E-state index is 10.7. The van der Waals surface area contributed by atoms with Crippen LogP contribution in [0.4, 0.5) is 0 Å². The molecule has 0 aromatic heterocycles. The van der Waals surface area contributed by atoms with Crippen molar-refractivity contribution in [3.8, 4) is 0 Å². The molecule has 4 heteroatoms. The number of carbonyl (C=O) groups is 1. The molecule has 1 atom stereocenters. The van der Waals surface area contributed by atoms with Gasteiger partial charge in [-0.05, 0) is 13.8 Å². The highest BCUT2D eigenvalue weighted by molar-refractivity contribution is 7.45. The standard InChI is InChI=1S/C6H12O3P/c1-3-9-6(7)5-10(8)4-2/h3-5H2,1-2H3/q+1. The zero-order chi connectivity index (χ0) is 7.98. The molecule has 0 aromatic rings. The second-order valence-corrected chi connectivity index (χ2v) is 3.67. The molecule has 58 valence electrons. The Bertz CT molecular complexity index is 133. The third-order valence-electron chi connectivity index (χ3n) is 0.963. The molecule has 0 aliphatic rings. The van der Waals surface area contributed by atoms with Crippen LogP contribution in [0.1, 0.15) is 13.8 Å². The number of hydrogen-bond donors (Lipinski definition) is 0. The summed E-state index contributed by atoms with van der Waals surface area (Å²) in [5.41, 5.74) is 0. The Labute approximate surface area is 61.5 Å². The van der Waals surface area contributed by atoms with Crippen LogP contribution >= 0.6 is 7.80 Å². The van der Waals surface area contributed by atoms with Crippen LogP contribution in [0, 0.1) is 0 Å². The van der Waals surface area contributed by atoms with Gasteiger partial charge >= 0.3 is 13.8 Å². The maximum Gasteiger partial charge on any atom is 0.354 e. The van der Waals surface area contributed by atoms with Gasteiger partial charge in [-0.25, -0.2) is 4.79 Å². The molecule has 0 heterocycles. The predicted molar refractivity (Wildman–Crippen MR) is 39.6 cm³/mol. The molecule has 0 fully saturated rings. The van der Waals surface area contributed by atoms with Crippen LogP contribution in [-0.2, 0) is 14.1 Å². The zero-order valence-corrected chi connectivity index (χ0v) is 7.19. The molecule has 0 amide bonds. The molecule has 1 unspecified atom stereocenters. The monoisotopic (exact) mass is 163 g/mol. The molecule has 10 heavy (non-hydrogen) atoms. The van der Waals surface area contributed by atoms with Gasteiger partial charge in [0.2, 0.25) is 6.16 Å². The number of esters is 1. The first-order chi connectivity index (χ1) is 4.70. The largest absolute Gasteiger partial charge is 0.463 e. The summed E-state index contributed by atoms with van der Waals surface area (Å²) in [7, 11) is -1.35. The Morgan fingerprint density at radius 1 is 1.50 bits per heavy atom. The summed E-state index contributed by atoms with van der Waals surface area (Å²) in [6, 6.07) is 0. The molecule has 0 rings (SSSR count). The fraction of sp³-hybridized carbons (Fsp3) is 0.833. The summed E-state index contributed by atoms with van der Waals surface area (Å²) in [6.07, 6.45) is 0.619. The summed E-state index contributed by atoms with van der Waals surface area (Å²) >= 11 is 0. The van der Waals surface area contributed by atoms with E-state index >= 15 is 0 Å². The van der Waals surface area contributed by atoms with E-state index in [1.807, 2.05) is 0 Å². The molecular weight excluding hydrogens is 151 g/mol. The summed E-state index contributed by atoms with van der Waals surface area (Å²) in [4.78, 5) is 10.6. The van der Waals surface area contributed by atoms with E-state index < -0.39 is 7.80 Å². The average Bonchev–Trinajstić information content (AvgIpc) is 1.88. The summed E-state index contributed by atoms with van der Waals surface area (Å²) in [6.45, 7) is 3.89. The Balaban J connectivity index is 3.47. The molecule has 0 saturated heterocycles. The Morgan fingerprint density at radius 2 is 2.10 bits per heavy atom. The van der Waals surface area contributed by atoms with Gasteiger partial charge in [0.1, 0.15) is 6.16 Å². The lowest BCUT2D eigenvalue weighted by molar-refractivity contribution is -0.139. The molecule has 0 saturated carbocycles. The lowest BCUT2D eigenvalue weighted by atomic mass is 10.8. The van der Waals surface area contributed by atoms with E-state index in [1.54, 1.807) is 13.8 Å². The molecule has 0 aliphatic heterocycles. The fourth-order valence-electron chi connectivity index (χ4n) is 0.462. The van der Waals surface area contributed by atoms with Gasteiger partial charge < -0.3 is 4.74 Å². The Morgan fingerprint density at radius 3 is 2.50 bits per heavy atom. The van der Waals surface area contributed by atoms with Crippen LogP contribution in [0.25, 0.3) is 0 Å². The van der Waals surface area contributed by atoms with E-state index in [9.17, 15) is 9.36 Å². The minimum absolute atomic E-state index is 0.0691. The van der Waals surface area contributed by atoms with E-state index in [-0.39, 0.29) is 12.1 Å². The predicted octanol–water partition coefficient (Wildman–Crippen LogP) is 1.40. The summed E-state index contributed by atoms with van der Waals surface area (Å²) in [5, 5.41) is 0. The quantitative estimate of drug-likeness (QED) is 0.464. The van der Waals surface area contributed by atoms with Gasteiger partial charge in [0.25, 0.3) is 0 Å². The highest BCUT2D eigenvalue weighted by Crippen LogP contribution is 2.18. The number of hydrogen-bond acceptors (Lipinski definition) is 3. The average molecular weight is 163 g/mol. The van der Waals surface area contributed by atoms with Crippen LogP contribution in [-0.4, -0.2) is 24.9 Å². The molecule has 0 N–H and O–H groups in total. The van der Waals surface area contributed by atoms with Crippen LogP contribution in [0.15, 0.2) is 0 Å². The highest BCUT2D eigenvalue weighted by Gasteiger charge is 2.18. The van der Waals surface area contributed by atoms with Gasteiger partial charge in [-0.3, -0.25) is 0 Å². The van der Waals surface area contributed by atoms with E-state index in [0.717, 1.165) is 0 Å². The fourth-order valence-corrected chi connectivity index (χ4v) is 1.07. The van der Waals surface area contributed by atoms with Crippen molar-refractivity contribution in [3.05, 3.63) is 0 Å². The highest BCUT2D eigenvalue weighted by atomic mass is 31.1. The minimum atomic E-state index is -1.35. The first kappa shape index (κ1) is 9.57. The van der Waals surface area contributed by atoms with Crippen molar-refractivity contribution < 1.29 is 14.1 Å². The number of ether oxygens (including phenoxy) is 1. The van der Waals surface area contributed by atoms with Crippen molar-refractivity contribution in [2.45, 2.75) is 13.8 Å². The molecule has 0 bridgehead atoms. The lowest BCUT2D eigenvalue weighted by Crippen LogP contribution is -2.06. The van der Waals surface area contributed by atoms with Crippen LogP contribution in [0.3, 0.4) is 0 Å². The lowest BCUT2D eigenvalue weighted by Gasteiger charge is -1.92. The van der Waals surface area contributed by atoms with Crippen LogP contribution < -0.4 is 0 Å². The van der Waals surface area contributed by atoms with E-state index in [4.69, 9.17) is 0 Å². The van der Waals surface area contributed by atoms with Crippen molar-refractivity contribution in [2.24, 2.45) is 0 Å². The maximum atomic E-state index is 10.7. The van der Waals surface area contributed by atoms with Gasteiger partial charge in [0.05, 0.1) is 6.61 Å². The number of rotatable bonds is 4. The summed E-state index contributed by atoms with van der Waals surface area (Å²) in [5.74, 6) is -0.356. The minimum Gasteiger partial charge on any atom is -0.463 e.